The summed E-state index contributed by atoms with van der Waals surface area (Å²) >= 11 is 0. The number of hydrogen-bond donors (Lipinski definition) is 4. The highest BCUT2D eigenvalue weighted by atomic mass is 16.2. The Balaban J connectivity index is 1.48. The Kier molecular flexibility index (Phi) is 5.64. The van der Waals surface area contributed by atoms with Gasteiger partial charge >= 0.3 is 0 Å². The number of nitrogens with zero attached hydrogens (tertiary/aromatic N) is 5. The molecule has 10 heteroatoms. The van der Waals surface area contributed by atoms with Crippen LogP contribution < -0.4 is 26.7 Å². The lowest BCUT2D eigenvalue weighted by Gasteiger charge is -2.35. The number of aromatic nitrogens is 1. The molecule has 3 unspecified atom stereocenters. The maximum Gasteiger partial charge on any atom is 0.234 e. The van der Waals surface area contributed by atoms with Gasteiger partial charge in [-0.2, -0.15) is 5.26 Å². The van der Waals surface area contributed by atoms with Crippen molar-refractivity contribution >= 4 is 17.3 Å². The second kappa shape index (κ2) is 8.34. The lowest BCUT2D eigenvalue weighted by Crippen LogP contribution is -2.51. The number of anilines is 2. The first kappa shape index (κ1) is 19.6. The van der Waals surface area contributed by atoms with Crippen LogP contribution in [0.15, 0.2) is 30.2 Å². The molecule has 3 atom stereocenters. The van der Waals surface area contributed by atoms with E-state index in [9.17, 15) is 4.79 Å². The van der Waals surface area contributed by atoms with Gasteiger partial charge in [0.05, 0.1) is 36.2 Å². The molecule has 0 radical (unpaired) electrons. The summed E-state index contributed by atoms with van der Waals surface area (Å²) in [7, 11) is 2.11. The molecule has 29 heavy (non-hydrogen) atoms. The van der Waals surface area contributed by atoms with Crippen LogP contribution in [0.3, 0.4) is 0 Å². The second-order valence-electron chi connectivity index (χ2n) is 7.73. The van der Waals surface area contributed by atoms with E-state index >= 15 is 0 Å². The zero-order valence-electron chi connectivity index (χ0n) is 16.5. The van der Waals surface area contributed by atoms with E-state index in [0.717, 1.165) is 37.4 Å². The van der Waals surface area contributed by atoms with Crippen LogP contribution in [-0.4, -0.2) is 72.9 Å². The average molecular weight is 397 g/mol. The third-order valence-corrected chi connectivity index (χ3v) is 5.72. The zero-order valence-corrected chi connectivity index (χ0v) is 16.5. The van der Waals surface area contributed by atoms with E-state index in [0.29, 0.717) is 18.7 Å². The molecule has 10 nitrogen and oxygen atoms in total. The summed E-state index contributed by atoms with van der Waals surface area (Å²) in [6.45, 7) is 4.32. The van der Waals surface area contributed by atoms with Gasteiger partial charge in [0, 0.05) is 38.9 Å². The van der Waals surface area contributed by atoms with Crippen molar-refractivity contribution in [1.82, 2.24) is 25.6 Å². The first-order valence-corrected chi connectivity index (χ1v) is 9.84. The molecular weight excluding hydrogens is 370 g/mol. The van der Waals surface area contributed by atoms with Crippen LogP contribution in [-0.2, 0) is 4.79 Å². The van der Waals surface area contributed by atoms with Gasteiger partial charge in [0.25, 0.3) is 0 Å². The number of amides is 1. The summed E-state index contributed by atoms with van der Waals surface area (Å²) in [5.41, 5.74) is 12.0. The molecule has 1 amide bonds. The van der Waals surface area contributed by atoms with Gasteiger partial charge in [-0.1, -0.05) is 0 Å². The monoisotopic (exact) mass is 397 g/mol. The van der Waals surface area contributed by atoms with E-state index in [1.165, 1.54) is 0 Å². The molecule has 2 fully saturated rings. The first-order valence-electron chi connectivity index (χ1n) is 9.84. The minimum atomic E-state index is -0.522. The van der Waals surface area contributed by atoms with Gasteiger partial charge in [0.1, 0.15) is 12.1 Å². The normalized spacial score (nSPS) is 27.6. The smallest absolute Gasteiger partial charge is 0.234 e. The van der Waals surface area contributed by atoms with Gasteiger partial charge in [-0.3, -0.25) is 9.78 Å². The molecule has 2 saturated heterocycles. The number of rotatable bonds is 4. The van der Waals surface area contributed by atoms with Crippen molar-refractivity contribution in [2.24, 2.45) is 11.7 Å². The fraction of sp³-hybridized carbons (Fsp3) is 0.526. The summed E-state index contributed by atoms with van der Waals surface area (Å²) in [6.07, 6.45) is 4.81. The fourth-order valence-corrected chi connectivity index (χ4v) is 4.09. The van der Waals surface area contributed by atoms with Crippen molar-refractivity contribution in [3.63, 3.8) is 0 Å². The topological polar surface area (TPSA) is 126 Å². The van der Waals surface area contributed by atoms with Crippen LogP contribution >= 0.6 is 0 Å². The molecule has 0 spiro atoms. The van der Waals surface area contributed by atoms with Gasteiger partial charge in [0.15, 0.2) is 0 Å². The number of nitrogens with one attached hydrogen (secondary N) is 3. The highest BCUT2D eigenvalue weighted by Gasteiger charge is 2.45. The molecule has 4 rings (SSSR count). The number of carbonyl (C=O) groups excluding carboxylic acids is 1. The molecular formula is C19H27N9O. The third kappa shape index (κ3) is 4.04. The number of likely N-dealkylation sites (N-methyl/N-ethyl adjacent to an activating group) is 1. The highest BCUT2D eigenvalue weighted by Crippen LogP contribution is 2.28. The van der Waals surface area contributed by atoms with Crippen molar-refractivity contribution in [3.8, 4) is 6.07 Å². The van der Waals surface area contributed by atoms with E-state index < -0.39 is 12.1 Å². The maximum absolute atomic E-state index is 13.1. The van der Waals surface area contributed by atoms with Gasteiger partial charge in [-0.05, 0) is 24.9 Å². The lowest BCUT2D eigenvalue weighted by atomic mass is 10.0. The predicted octanol–water partition coefficient (Wildman–Crippen LogP) is -0.780. The Morgan fingerprint density at radius 2 is 2.21 bits per heavy atom. The Labute approximate surface area is 170 Å². The van der Waals surface area contributed by atoms with Crippen LogP contribution in [0.2, 0.25) is 0 Å². The summed E-state index contributed by atoms with van der Waals surface area (Å²) in [6, 6.07) is 4.09. The number of piperazine rings is 1. The number of nitrogens with two attached hydrogens (primary N) is 1. The van der Waals surface area contributed by atoms with E-state index in [2.05, 4.69) is 44.0 Å². The minimum Gasteiger partial charge on any atom is -0.374 e. The number of nitriles is 1. The van der Waals surface area contributed by atoms with Crippen molar-refractivity contribution < 1.29 is 4.79 Å². The summed E-state index contributed by atoms with van der Waals surface area (Å²) in [5, 5.41) is 17.1. The number of hydrazine groups is 1. The average Bonchev–Trinajstić information content (AvgIpc) is 3.04. The fourth-order valence-electron chi connectivity index (χ4n) is 4.09. The van der Waals surface area contributed by atoms with Crippen molar-refractivity contribution in [2.45, 2.75) is 18.8 Å². The lowest BCUT2D eigenvalue weighted by molar-refractivity contribution is -0.121. The predicted molar refractivity (Wildman–Crippen MR) is 109 cm³/mol. The molecule has 3 aliphatic heterocycles. The molecule has 0 aromatic carbocycles. The highest BCUT2D eigenvalue weighted by molar-refractivity contribution is 5.96. The van der Waals surface area contributed by atoms with Gasteiger partial charge in [0.2, 0.25) is 5.91 Å². The molecule has 3 aliphatic rings. The van der Waals surface area contributed by atoms with Gasteiger partial charge < -0.3 is 26.2 Å². The van der Waals surface area contributed by atoms with Crippen LogP contribution in [0.4, 0.5) is 11.4 Å². The standard InChI is InChI=1S/C19H27N9O/c1-26-6-8-27(9-7-26)15-3-5-22-11-14(15)24-19(29)16-17(21)25-28-12-13(2-4-20)10-23-18(16)28/h3,5,10-11,16-18,23,25H,2,6-9,12,21H2,1H3,(H,24,29). The number of pyridine rings is 1. The van der Waals surface area contributed by atoms with Crippen molar-refractivity contribution in [2.75, 3.05) is 50.0 Å². The molecule has 1 aromatic heterocycles. The van der Waals surface area contributed by atoms with Crippen molar-refractivity contribution in [3.05, 3.63) is 30.2 Å². The largest absolute Gasteiger partial charge is 0.374 e. The first-order chi connectivity index (χ1) is 14.1. The van der Waals surface area contributed by atoms with E-state index in [1.54, 1.807) is 12.4 Å². The molecule has 0 aliphatic carbocycles. The third-order valence-electron chi connectivity index (χ3n) is 5.72. The molecule has 154 valence electrons. The molecule has 5 N–H and O–H groups in total. The minimum absolute atomic E-state index is 0.162. The van der Waals surface area contributed by atoms with Gasteiger partial charge in [-0.25, -0.2) is 10.4 Å². The Morgan fingerprint density at radius 1 is 1.41 bits per heavy atom. The second-order valence-corrected chi connectivity index (χ2v) is 7.73. The van der Waals surface area contributed by atoms with Gasteiger partial charge in [-0.15, -0.1) is 0 Å². The van der Waals surface area contributed by atoms with Crippen molar-refractivity contribution in [1.29, 1.82) is 5.26 Å². The summed E-state index contributed by atoms with van der Waals surface area (Å²) < 4.78 is 0. The SMILES string of the molecule is CN1CCN(c2ccncc2NC(=O)C2C(N)NN3CC(CC#N)=CNC23)CC1. The quantitative estimate of drug-likeness (QED) is 0.518. The molecule has 0 saturated carbocycles. The Morgan fingerprint density at radius 3 is 2.97 bits per heavy atom. The Bertz CT molecular complexity index is 827. The van der Waals surface area contributed by atoms with Crippen LogP contribution in [0.5, 0.6) is 0 Å². The number of fused-ring (bicyclic) bond motifs is 1. The van der Waals surface area contributed by atoms with Crippen LogP contribution in [0, 0.1) is 17.2 Å². The molecule has 1 aromatic rings. The summed E-state index contributed by atoms with van der Waals surface area (Å²) in [4.78, 5) is 21.9. The van der Waals surface area contributed by atoms with E-state index in [-0.39, 0.29) is 12.1 Å². The Hall–Kier alpha value is -2.71. The number of carbonyl (C=O) groups is 1. The number of hydrogen-bond acceptors (Lipinski definition) is 9. The van der Waals surface area contributed by atoms with E-state index in [1.807, 2.05) is 17.3 Å². The molecule has 4 heterocycles. The van der Waals surface area contributed by atoms with Crippen LogP contribution in [0.25, 0.3) is 0 Å². The zero-order chi connectivity index (χ0) is 20.4. The maximum atomic E-state index is 13.1. The molecule has 0 bridgehead atoms. The summed E-state index contributed by atoms with van der Waals surface area (Å²) in [5.74, 6) is -0.652. The van der Waals surface area contributed by atoms with Crippen LogP contribution in [0.1, 0.15) is 6.42 Å². The van der Waals surface area contributed by atoms with E-state index in [4.69, 9.17) is 11.0 Å².